The Morgan fingerprint density at radius 3 is 2.80 bits per heavy atom. The molecule has 1 aromatic rings. The summed E-state index contributed by atoms with van der Waals surface area (Å²) in [5.41, 5.74) is 9.57. The Morgan fingerprint density at radius 2 is 2.00 bits per heavy atom. The second kappa shape index (κ2) is 5.87. The van der Waals surface area contributed by atoms with E-state index in [0.29, 0.717) is 6.04 Å². The Labute approximate surface area is 123 Å². The zero-order valence-electron chi connectivity index (χ0n) is 12.8. The third kappa shape index (κ3) is 2.51. The van der Waals surface area contributed by atoms with Gasteiger partial charge in [-0.1, -0.05) is 37.1 Å². The first-order valence-electron chi connectivity index (χ1n) is 8.29. The second-order valence-corrected chi connectivity index (χ2v) is 6.77. The van der Waals surface area contributed by atoms with Gasteiger partial charge in [0.1, 0.15) is 0 Å². The number of rotatable bonds is 2. The smallest absolute Gasteiger partial charge is 0.0378 e. The lowest BCUT2D eigenvalue weighted by Crippen LogP contribution is -2.59. The van der Waals surface area contributed by atoms with Crippen molar-refractivity contribution >= 4 is 0 Å². The van der Waals surface area contributed by atoms with E-state index in [0.717, 1.165) is 13.0 Å². The van der Waals surface area contributed by atoms with E-state index < -0.39 is 0 Å². The van der Waals surface area contributed by atoms with Gasteiger partial charge in [-0.25, -0.2) is 0 Å². The van der Waals surface area contributed by atoms with Gasteiger partial charge in [-0.05, 0) is 56.7 Å². The van der Waals surface area contributed by atoms with Gasteiger partial charge in [0, 0.05) is 18.1 Å². The van der Waals surface area contributed by atoms with E-state index in [9.17, 15) is 0 Å². The molecule has 1 aromatic carbocycles. The highest BCUT2D eigenvalue weighted by Gasteiger charge is 2.40. The van der Waals surface area contributed by atoms with Crippen molar-refractivity contribution in [3.05, 3.63) is 35.4 Å². The van der Waals surface area contributed by atoms with Gasteiger partial charge in [-0.15, -0.1) is 0 Å². The monoisotopic (exact) mass is 272 g/mol. The van der Waals surface area contributed by atoms with Crippen LogP contribution in [0.2, 0.25) is 0 Å². The van der Waals surface area contributed by atoms with Crippen LogP contribution in [0.25, 0.3) is 0 Å². The molecular formula is C18H28N2. The van der Waals surface area contributed by atoms with E-state index in [1.807, 2.05) is 0 Å². The molecular weight excluding hydrogens is 244 g/mol. The molecule has 2 aliphatic rings. The molecule has 0 amide bonds. The van der Waals surface area contributed by atoms with Crippen LogP contribution in [0.5, 0.6) is 0 Å². The van der Waals surface area contributed by atoms with Crippen molar-refractivity contribution < 1.29 is 0 Å². The standard InChI is InChI=1S/C18H28N2/c1-15-7-3-2-6-12-20(15)18(14-19)11-10-16-8-4-5-9-17(16)13-18/h4-5,8-9,15H,2-3,6-7,10-14,19H2,1H3. The van der Waals surface area contributed by atoms with Gasteiger partial charge in [0.05, 0.1) is 0 Å². The van der Waals surface area contributed by atoms with Crippen LogP contribution in [0.15, 0.2) is 24.3 Å². The number of hydrogen-bond donors (Lipinski definition) is 1. The Morgan fingerprint density at radius 1 is 1.20 bits per heavy atom. The molecule has 0 saturated carbocycles. The Hall–Kier alpha value is -0.860. The first-order chi connectivity index (χ1) is 9.75. The first-order valence-corrected chi connectivity index (χ1v) is 8.29. The lowest BCUT2D eigenvalue weighted by atomic mass is 9.76. The van der Waals surface area contributed by atoms with Gasteiger partial charge in [0.15, 0.2) is 0 Å². The molecule has 20 heavy (non-hydrogen) atoms. The van der Waals surface area contributed by atoms with E-state index in [1.165, 1.54) is 50.6 Å². The van der Waals surface area contributed by atoms with Crippen molar-refractivity contribution in [3.63, 3.8) is 0 Å². The normalized spacial score (nSPS) is 31.6. The third-order valence-electron chi connectivity index (χ3n) is 5.54. The van der Waals surface area contributed by atoms with Crippen molar-refractivity contribution in [1.82, 2.24) is 4.90 Å². The van der Waals surface area contributed by atoms with E-state index in [-0.39, 0.29) is 5.54 Å². The molecule has 2 unspecified atom stereocenters. The molecule has 2 atom stereocenters. The predicted molar refractivity (Wildman–Crippen MR) is 84.9 cm³/mol. The number of aryl methyl sites for hydroxylation is 1. The van der Waals surface area contributed by atoms with Gasteiger partial charge >= 0.3 is 0 Å². The summed E-state index contributed by atoms with van der Waals surface area (Å²) in [5, 5.41) is 0. The summed E-state index contributed by atoms with van der Waals surface area (Å²) in [6, 6.07) is 9.63. The summed E-state index contributed by atoms with van der Waals surface area (Å²) >= 11 is 0. The average molecular weight is 272 g/mol. The van der Waals surface area contributed by atoms with Crippen LogP contribution in [0, 0.1) is 0 Å². The highest BCUT2D eigenvalue weighted by molar-refractivity contribution is 5.32. The number of likely N-dealkylation sites (tertiary alicyclic amines) is 1. The Balaban J connectivity index is 1.88. The predicted octanol–water partition coefficient (Wildman–Crippen LogP) is 3.14. The summed E-state index contributed by atoms with van der Waals surface area (Å²) in [5.74, 6) is 0. The molecule has 1 aliphatic carbocycles. The lowest BCUT2D eigenvalue weighted by molar-refractivity contribution is 0.0450. The number of nitrogens with zero attached hydrogens (tertiary/aromatic N) is 1. The van der Waals surface area contributed by atoms with Gasteiger partial charge in [-0.3, -0.25) is 4.90 Å². The highest BCUT2D eigenvalue weighted by atomic mass is 15.2. The molecule has 1 aliphatic heterocycles. The molecule has 0 spiro atoms. The minimum atomic E-state index is 0.206. The van der Waals surface area contributed by atoms with Crippen molar-refractivity contribution in [3.8, 4) is 0 Å². The zero-order valence-corrected chi connectivity index (χ0v) is 12.8. The Kier molecular flexibility index (Phi) is 4.13. The van der Waals surface area contributed by atoms with E-state index in [1.54, 1.807) is 5.56 Å². The summed E-state index contributed by atoms with van der Waals surface area (Å²) in [6.45, 7) is 4.44. The van der Waals surface area contributed by atoms with Crippen molar-refractivity contribution in [2.24, 2.45) is 5.73 Å². The first kappa shape index (κ1) is 14.1. The molecule has 110 valence electrons. The maximum atomic E-state index is 6.30. The van der Waals surface area contributed by atoms with Gasteiger partial charge < -0.3 is 5.73 Å². The quantitative estimate of drug-likeness (QED) is 0.896. The van der Waals surface area contributed by atoms with Gasteiger partial charge in [0.25, 0.3) is 0 Å². The fraction of sp³-hybridized carbons (Fsp3) is 0.667. The number of nitrogens with two attached hydrogens (primary N) is 1. The molecule has 2 N–H and O–H groups in total. The number of hydrogen-bond acceptors (Lipinski definition) is 2. The third-order valence-corrected chi connectivity index (χ3v) is 5.54. The molecule has 3 rings (SSSR count). The molecule has 0 aromatic heterocycles. The molecule has 0 bridgehead atoms. The van der Waals surface area contributed by atoms with Crippen LogP contribution in [0.1, 0.15) is 50.2 Å². The van der Waals surface area contributed by atoms with E-state index >= 15 is 0 Å². The Bertz CT molecular complexity index is 456. The minimum absolute atomic E-state index is 0.206. The fourth-order valence-electron chi connectivity index (χ4n) is 4.30. The molecule has 2 heteroatoms. The molecule has 0 radical (unpaired) electrons. The second-order valence-electron chi connectivity index (χ2n) is 6.77. The zero-order chi connectivity index (χ0) is 14.0. The SMILES string of the molecule is CC1CCCCCN1C1(CN)CCc2ccccc2C1. The van der Waals surface area contributed by atoms with Gasteiger partial charge in [0.2, 0.25) is 0 Å². The van der Waals surface area contributed by atoms with E-state index in [4.69, 9.17) is 5.73 Å². The highest BCUT2D eigenvalue weighted by Crippen LogP contribution is 2.36. The largest absolute Gasteiger partial charge is 0.329 e. The summed E-state index contributed by atoms with van der Waals surface area (Å²) < 4.78 is 0. The van der Waals surface area contributed by atoms with Crippen LogP contribution in [-0.4, -0.2) is 29.6 Å². The number of fused-ring (bicyclic) bond motifs is 1. The van der Waals surface area contributed by atoms with Gasteiger partial charge in [-0.2, -0.15) is 0 Å². The molecule has 1 fully saturated rings. The van der Waals surface area contributed by atoms with Crippen LogP contribution in [-0.2, 0) is 12.8 Å². The average Bonchev–Trinajstić information content (AvgIpc) is 2.71. The fourth-order valence-corrected chi connectivity index (χ4v) is 4.30. The molecule has 1 saturated heterocycles. The topological polar surface area (TPSA) is 29.3 Å². The molecule has 1 heterocycles. The van der Waals surface area contributed by atoms with Crippen molar-refractivity contribution in [1.29, 1.82) is 0 Å². The number of benzene rings is 1. The lowest BCUT2D eigenvalue weighted by Gasteiger charge is -2.49. The summed E-state index contributed by atoms with van der Waals surface area (Å²) in [7, 11) is 0. The van der Waals surface area contributed by atoms with Crippen LogP contribution < -0.4 is 5.73 Å². The summed E-state index contributed by atoms with van der Waals surface area (Å²) in [4.78, 5) is 2.76. The van der Waals surface area contributed by atoms with Crippen LogP contribution in [0.4, 0.5) is 0 Å². The van der Waals surface area contributed by atoms with Crippen LogP contribution >= 0.6 is 0 Å². The summed E-state index contributed by atoms with van der Waals surface area (Å²) in [6.07, 6.45) is 9.01. The van der Waals surface area contributed by atoms with Crippen molar-refractivity contribution in [2.45, 2.75) is 63.5 Å². The van der Waals surface area contributed by atoms with E-state index in [2.05, 4.69) is 36.1 Å². The maximum absolute atomic E-state index is 6.30. The minimum Gasteiger partial charge on any atom is -0.329 e. The maximum Gasteiger partial charge on any atom is 0.0378 e. The molecule has 2 nitrogen and oxygen atoms in total. The van der Waals surface area contributed by atoms with Crippen molar-refractivity contribution in [2.75, 3.05) is 13.1 Å². The van der Waals surface area contributed by atoms with Crippen LogP contribution in [0.3, 0.4) is 0 Å².